The molecule has 8 heteroatoms. The van der Waals surface area contributed by atoms with Crippen molar-refractivity contribution in [2.75, 3.05) is 13.7 Å². The molecule has 8 nitrogen and oxygen atoms in total. The fraction of sp³-hybridized carbons (Fsp3) is 0.259. The zero-order chi connectivity index (χ0) is 24.2. The van der Waals surface area contributed by atoms with Gasteiger partial charge in [-0.2, -0.15) is 10.1 Å². The number of hydrogen-bond acceptors (Lipinski definition) is 6. The number of ether oxygens (including phenoxy) is 2. The molecule has 4 aromatic rings. The molecule has 0 unspecified atom stereocenters. The monoisotopic (exact) mass is 469 g/mol. The summed E-state index contributed by atoms with van der Waals surface area (Å²) < 4.78 is 13.0. The van der Waals surface area contributed by atoms with Crippen molar-refractivity contribution in [2.24, 2.45) is 0 Å². The van der Waals surface area contributed by atoms with Crippen LogP contribution in [-0.4, -0.2) is 44.2 Å². The van der Waals surface area contributed by atoms with E-state index in [0.29, 0.717) is 36.1 Å². The Labute approximate surface area is 204 Å². The fourth-order valence-corrected chi connectivity index (χ4v) is 4.40. The zero-order valence-corrected chi connectivity index (χ0v) is 19.8. The minimum atomic E-state index is -0.210. The van der Waals surface area contributed by atoms with Crippen LogP contribution >= 0.6 is 0 Å². The number of aromatic nitrogens is 4. The molecule has 1 saturated heterocycles. The Bertz CT molecular complexity index is 1300. The molecule has 3 heterocycles. The Morgan fingerprint density at radius 3 is 2.63 bits per heavy atom. The van der Waals surface area contributed by atoms with Gasteiger partial charge in [-0.15, -0.1) is 0 Å². The van der Waals surface area contributed by atoms with Gasteiger partial charge in [0.25, 0.3) is 5.91 Å². The summed E-state index contributed by atoms with van der Waals surface area (Å²) in [4.78, 5) is 24.9. The Balaban J connectivity index is 1.39. The van der Waals surface area contributed by atoms with Crippen molar-refractivity contribution in [3.8, 4) is 17.4 Å². The summed E-state index contributed by atoms with van der Waals surface area (Å²) in [6.07, 6.45) is 5.33. The molecule has 1 aliphatic rings. The zero-order valence-electron chi connectivity index (χ0n) is 19.8. The second-order valence-electron chi connectivity index (χ2n) is 8.50. The second kappa shape index (κ2) is 9.97. The van der Waals surface area contributed by atoms with Crippen LogP contribution in [-0.2, 0) is 6.54 Å². The van der Waals surface area contributed by atoms with E-state index in [1.165, 1.54) is 0 Å². The van der Waals surface area contributed by atoms with Crippen molar-refractivity contribution in [1.29, 1.82) is 0 Å². The third-order valence-corrected chi connectivity index (χ3v) is 6.08. The summed E-state index contributed by atoms with van der Waals surface area (Å²) in [5.74, 6) is 2.45. The predicted octanol–water partition coefficient (Wildman–Crippen LogP) is 4.81. The molecular weight excluding hydrogens is 442 g/mol. The molecule has 35 heavy (non-hydrogen) atoms. The molecule has 0 radical (unpaired) electrons. The van der Waals surface area contributed by atoms with Gasteiger partial charge >= 0.3 is 0 Å². The first-order chi connectivity index (χ1) is 17.1. The van der Waals surface area contributed by atoms with Gasteiger partial charge in [-0.3, -0.25) is 9.48 Å². The van der Waals surface area contributed by atoms with E-state index in [1.807, 2.05) is 77.3 Å². The van der Waals surface area contributed by atoms with Crippen molar-refractivity contribution in [3.05, 3.63) is 95.7 Å². The summed E-state index contributed by atoms with van der Waals surface area (Å²) in [6.45, 7) is 3.10. The molecule has 5 rings (SSSR count). The lowest BCUT2D eigenvalue weighted by molar-refractivity contribution is 0.0728. The summed E-state index contributed by atoms with van der Waals surface area (Å²) in [6, 6.07) is 18.5. The van der Waals surface area contributed by atoms with Gasteiger partial charge in [-0.05, 0) is 61.7 Å². The normalized spacial score (nSPS) is 15.3. The summed E-state index contributed by atoms with van der Waals surface area (Å²) in [7, 11) is 1.63. The number of aryl methyl sites for hydroxylation is 1. The van der Waals surface area contributed by atoms with Crippen LogP contribution in [0.4, 0.5) is 0 Å². The number of carbonyl (C=O) groups excluding carboxylic acids is 1. The number of amides is 1. The first kappa shape index (κ1) is 22.6. The second-order valence-corrected chi connectivity index (χ2v) is 8.50. The maximum Gasteiger partial charge on any atom is 0.254 e. The van der Waals surface area contributed by atoms with E-state index < -0.39 is 0 Å². The Kier molecular flexibility index (Phi) is 6.43. The maximum absolute atomic E-state index is 13.7. The van der Waals surface area contributed by atoms with E-state index in [4.69, 9.17) is 14.5 Å². The number of carbonyl (C=O) groups is 1. The quantitative estimate of drug-likeness (QED) is 0.386. The third-order valence-electron chi connectivity index (χ3n) is 6.08. The molecule has 0 bridgehead atoms. The largest absolute Gasteiger partial charge is 0.497 e. The molecule has 1 fully saturated rings. The van der Waals surface area contributed by atoms with Crippen LogP contribution in [0.15, 0.2) is 73.1 Å². The van der Waals surface area contributed by atoms with Crippen LogP contribution in [0.25, 0.3) is 0 Å². The Hall–Kier alpha value is -4.20. The minimum absolute atomic E-state index is 0.0158. The fourth-order valence-electron chi connectivity index (χ4n) is 4.40. The van der Waals surface area contributed by atoms with Gasteiger partial charge in [0.15, 0.2) is 5.82 Å². The molecule has 178 valence electrons. The lowest BCUT2D eigenvalue weighted by atomic mass is 10.1. The van der Waals surface area contributed by atoms with E-state index in [0.717, 1.165) is 29.8 Å². The highest BCUT2D eigenvalue weighted by Crippen LogP contribution is 2.33. The highest BCUT2D eigenvalue weighted by atomic mass is 16.5. The predicted molar refractivity (Wildman–Crippen MR) is 131 cm³/mol. The average Bonchev–Trinajstić information content (AvgIpc) is 3.57. The van der Waals surface area contributed by atoms with Crippen LogP contribution in [0.3, 0.4) is 0 Å². The summed E-state index contributed by atoms with van der Waals surface area (Å²) in [5, 5.41) is 4.29. The van der Waals surface area contributed by atoms with E-state index in [1.54, 1.807) is 19.4 Å². The molecule has 1 atom stereocenters. The maximum atomic E-state index is 13.7. The third kappa shape index (κ3) is 5.01. The molecule has 0 aliphatic carbocycles. The van der Waals surface area contributed by atoms with Gasteiger partial charge in [0.05, 0.1) is 19.7 Å². The van der Waals surface area contributed by atoms with E-state index >= 15 is 0 Å². The Morgan fingerprint density at radius 2 is 1.86 bits per heavy atom. The highest BCUT2D eigenvalue weighted by molar-refractivity contribution is 5.96. The lowest BCUT2D eigenvalue weighted by Gasteiger charge is -2.25. The number of nitrogens with zero attached hydrogens (tertiary/aromatic N) is 5. The summed E-state index contributed by atoms with van der Waals surface area (Å²) >= 11 is 0. The van der Waals surface area contributed by atoms with Crippen molar-refractivity contribution in [1.82, 2.24) is 24.6 Å². The van der Waals surface area contributed by atoms with Gasteiger partial charge in [-0.25, -0.2) is 4.98 Å². The van der Waals surface area contributed by atoms with Crippen molar-refractivity contribution in [2.45, 2.75) is 32.4 Å². The molecule has 2 aromatic carbocycles. The van der Waals surface area contributed by atoms with Gasteiger partial charge in [0.1, 0.15) is 11.5 Å². The van der Waals surface area contributed by atoms with Crippen LogP contribution in [0.5, 0.6) is 17.4 Å². The van der Waals surface area contributed by atoms with Gasteiger partial charge in [0, 0.05) is 36.3 Å². The molecule has 0 saturated carbocycles. The number of methoxy groups -OCH3 is 1. The van der Waals surface area contributed by atoms with Crippen molar-refractivity contribution < 1.29 is 14.3 Å². The first-order valence-electron chi connectivity index (χ1n) is 11.6. The van der Waals surface area contributed by atoms with E-state index in [2.05, 4.69) is 10.1 Å². The lowest BCUT2D eigenvalue weighted by Crippen LogP contribution is -2.32. The van der Waals surface area contributed by atoms with Crippen LogP contribution in [0, 0.1) is 6.92 Å². The number of hydrogen-bond donors (Lipinski definition) is 0. The SMILES string of the molecule is COc1ccc(Oc2cc(C)nc([C@@H]3CCCN3C(=O)c3ccccc3Cn3cccn3)n2)cc1. The topological polar surface area (TPSA) is 82.4 Å². The Morgan fingerprint density at radius 1 is 1.06 bits per heavy atom. The van der Waals surface area contributed by atoms with E-state index in [9.17, 15) is 4.79 Å². The van der Waals surface area contributed by atoms with Crippen molar-refractivity contribution in [3.63, 3.8) is 0 Å². The van der Waals surface area contributed by atoms with Gasteiger partial charge < -0.3 is 14.4 Å². The van der Waals surface area contributed by atoms with Crippen LogP contribution in [0.2, 0.25) is 0 Å². The average molecular weight is 470 g/mol. The summed E-state index contributed by atoms with van der Waals surface area (Å²) in [5.41, 5.74) is 2.40. The molecular formula is C27H27N5O3. The van der Waals surface area contributed by atoms with E-state index in [-0.39, 0.29) is 11.9 Å². The molecule has 0 N–H and O–H groups in total. The van der Waals surface area contributed by atoms with Crippen LogP contribution < -0.4 is 9.47 Å². The standard InChI is InChI=1S/C27H27N5O3/c1-19-17-25(35-22-12-10-21(34-2)11-13-22)30-26(29-19)24-9-5-16-32(24)27(33)23-8-4-3-7-20(23)18-31-15-6-14-28-31/h3-4,6-8,10-15,17,24H,5,9,16,18H2,1-2H3/t24-/m0/s1. The molecule has 1 amide bonds. The first-order valence-corrected chi connectivity index (χ1v) is 11.6. The number of rotatable bonds is 7. The smallest absolute Gasteiger partial charge is 0.254 e. The highest BCUT2D eigenvalue weighted by Gasteiger charge is 2.33. The minimum Gasteiger partial charge on any atom is -0.497 e. The van der Waals surface area contributed by atoms with Gasteiger partial charge in [-0.1, -0.05) is 18.2 Å². The molecule has 2 aromatic heterocycles. The molecule has 1 aliphatic heterocycles. The number of benzene rings is 2. The number of likely N-dealkylation sites (tertiary alicyclic amines) is 1. The van der Waals surface area contributed by atoms with Crippen molar-refractivity contribution >= 4 is 5.91 Å². The molecule has 0 spiro atoms. The van der Waals surface area contributed by atoms with Gasteiger partial charge in [0.2, 0.25) is 5.88 Å². The van der Waals surface area contributed by atoms with Crippen LogP contribution in [0.1, 0.15) is 46.3 Å².